The lowest BCUT2D eigenvalue weighted by atomic mass is 9.37. The molecule has 5 aliphatic carbocycles. The third-order valence-electron chi connectivity index (χ3n) is 12.4. The highest BCUT2D eigenvalue weighted by atomic mass is 16.1. The Kier molecular flexibility index (Phi) is 5.21. The van der Waals surface area contributed by atoms with Crippen LogP contribution in [-0.2, 0) is 9.59 Å². The fraction of sp³-hybridized carbons (Fsp3) is 0.839. The molecule has 186 valence electrons. The average molecular weight is 464 g/mol. The van der Waals surface area contributed by atoms with E-state index in [4.69, 9.17) is 0 Å². The Morgan fingerprint density at radius 2 is 1.62 bits per heavy atom. The molecular weight excluding hydrogens is 418 g/mol. The van der Waals surface area contributed by atoms with Crippen molar-refractivity contribution in [3.8, 4) is 6.07 Å². The van der Waals surface area contributed by atoms with Crippen molar-refractivity contribution in [3.63, 3.8) is 0 Å². The number of allylic oxidation sites excluding steroid dienone is 2. The second-order valence-electron chi connectivity index (χ2n) is 14.7. The molecule has 0 heterocycles. The first-order valence-electron chi connectivity index (χ1n) is 14.0. The molecular formula is C31H45NO2. The predicted octanol–water partition coefficient (Wildman–Crippen LogP) is 7.31. The number of nitriles is 1. The van der Waals surface area contributed by atoms with Crippen molar-refractivity contribution in [1.82, 2.24) is 0 Å². The first-order chi connectivity index (χ1) is 15.8. The number of hydrogen-bond donors (Lipinski definition) is 0. The molecule has 0 amide bonds. The van der Waals surface area contributed by atoms with Gasteiger partial charge in [0, 0.05) is 11.3 Å². The lowest BCUT2D eigenvalue weighted by Crippen LogP contribution is -2.62. The molecule has 3 heteroatoms. The van der Waals surface area contributed by atoms with Gasteiger partial charge in [-0.05, 0) is 96.9 Å². The maximum Gasteiger partial charge on any atom is 0.159 e. The summed E-state index contributed by atoms with van der Waals surface area (Å²) >= 11 is 0. The molecule has 4 fully saturated rings. The van der Waals surface area contributed by atoms with Crippen molar-refractivity contribution in [2.75, 3.05) is 0 Å². The van der Waals surface area contributed by atoms with Crippen molar-refractivity contribution in [2.24, 2.45) is 56.7 Å². The van der Waals surface area contributed by atoms with Crippen molar-refractivity contribution in [2.45, 2.75) is 106 Å². The topological polar surface area (TPSA) is 57.9 Å². The molecule has 0 radical (unpaired) electrons. The lowest BCUT2D eigenvalue weighted by molar-refractivity contribution is -0.156. The van der Waals surface area contributed by atoms with Crippen LogP contribution in [0.25, 0.3) is 0 Å². The fourth-order valence-corrected chi connectivity index (χ4v) is 10.5. The summed E-state index contributed by atoms with van der Waals surface area (Å²) in [4.78, 5) is 27.3. The summed E-state index contributed by atoms with van der Waals surface area (Å²) in [6, 6.07) is 2.34. The summed E-state index contributed by atoms with van der Waals surface area (Å²) in [5.41, 5.74) is 1.17. The highest BCUT2D eigenvalue weighted by Gasteiger charge is 2.66. The molecule has 8 atom stereocenters. The second-order valence-corrected chi connectivity index (χ2v) is 14.7. The van der Waals surface area contributed by atoms with E-state index in [1.165, 1.54) is 37.7 Å². The van der Waals surface area contributed by atoms with Gasteiger partial charge in [0.2, 0.25) is 0 Å². The largest absolute Gasteiger partial charge is 0.298 e. The van der Waals surface area contributed by atoms with Gasteiger partial charge in [-0.25, -0.2) is 0 Å². The van der Waals surface area contributed by atoms with Crippen LogP contribution >= 0.6 is 0 Å². The number of Topliss-reactive ketones (excluding diaryl/α,β-unsaturated/α-hetero) is 1. The summed E-state index contributed by atoms with van der Waals surface area (Å²) < 4.78 is 0. The smallest absolute Gasteiger partial charge is 0.159 e. The zero-order valence-electron chi connectivity index (χ0n) is 22.6. The maximum absolute atomic E-state index is 14.1. The van der Waals surface area contributed by atoms with Gasteiger partial charge in [-0.15, -0.1) is 0 Å². The Balaban J connectivity index is 1.61. The summed E-state index contributed by atoms with van der Waals surface area (Å²) in [6.07, 6.45) is 12.1. The van der Waals surface area contributed by atoms with Crippen LogP contribution in [0.2, 0.25) is 0 Å². The van der Waals surface area contributed by atoms with Crippen LogP contribution in [0.5, 0.6) is 0 Å². The molecule has 4 saturated carbocycles. The van der Waals surface area contributed by atoms with Gasteiger partial charge in [-0.3, -0.25) is 9.59 Å². The number of fused-ring (bicyclic) bond motifs is 7. The molecule has 0 aliphatic heterocycles. The SMILES string of the molecule is CCC12CCC3C(C(=O)C=C4C3(C)CCC3C(C)(C)C(=O)C(C#N)CC43C)C1CC(C)(C)CC2. The second kappa shape index (κ2) is 7.30. The van der Waals surface area contributed by atoms with Gasteiger partial charge in [-0.2, -0.15) is 5.26 Å². The van der Waals surface area contributed by atoms with E-state index in [1.54, 1.807) is 0 Å². The minimum Gasteiger partial charge on any atom is -0.298 e. The number of ketones is 2. The molecule has 0 bridgehead atoms. The van der Waals surface area contributed by atoms with E-state index < -0.39 is 11.3 Å². The van der Waals surface area contributed by atoms with E-state index in [2.05, 4.69) is 60.6 Å². The van der Waals surface area contributed by atoms with E-state index in [9.17, 15) is 14.9 Å². The van der Waals surface area contributed by atoms with E-state index in [0.717, 1.165) is 19.3 Å². The molecule has 3 nitrogen and oxygen atoms in total. The van der Waals surface area contributed by atoms with Crippen LogP contribution in [0.3, 0.4) is 0 Å². The Hall–Kier alpha value is -1.43. The van der Waals surface area contributed by atoms with Crippen LogP contribution in [0.1, 0.15) is 106 Å². The molecule has 0 aromatic rings. The molecule has 5 aliphatic rings. The van der Waals surface area contributed by atoms with Crippen LogP contribution in [0, 0.1) is 68.0 Å². The van der Waals surface area contributed by atoms with Gasteiger partial charge < -0.3 is 0 Å². The Morgan fingerprint density at radius 1 is 0.912 bits per heavy atom. The third kappa shape index (κ3) is 2.99. The zero-order chi connectivity index (χ0) is 24.9. The van der Waals surface area contributed by atoms with Gasteiger partial charge in [-0.1, -0.05) is 60.5 Å². The Morgan fingerprint density at radius 3 is 2.26 bits per heavy atom. The van der Waals surface area contributed by atoms with Gasteiger partial charge in [0.05, 0.1) is 6.07 Å². The summed E-state index contributed by atoms with van der Waals surface area (Å²) in [7, 11) is 0. The fourth-order valence-electron chi connectivity index (χ4n) is 10.5. The predicted molar refractivity (Wildman–Crippen MR) is 135 cm³/mol. The number of carbonyl (C=O) groups is 2. The first-order valence-corrected chi connectivity index (χ1v) is 14.0. The third-order valence-corrected chi connectivity index (χ3v) is 12.4. The minimum atomic E-state index is -0.564. The van der Waals surface area contributed by atoms with Gasteiger partial charge in [0.25, 0.3) is 0 Å². The van der Waals surface area contributed by atoms with Crippen molar-refractivity contribution < 1.29 is 9.59 Å². The molecule has 0 saturated heterocycles. The van der Waals surface area contributed by atoms with E-state index in [0.29, 0.717) is 34.9 Å². The van der Waals surface area contributed by atoms with Crippen molar-refractivity contribution in [1.29, 1.82) is 5.26 Å². The van der Waals surface area contributed by atoms with Crippen LogP contribution in [-0.4, -0.2) is 11.6 Å². The molecule has 0 aromatic heterocycles. The number of rotatable bonds is 1. The van der Waals surface area contributed by atoms with Gasteiger partial charge in [0.15, 0.2) is 11.6 Å². The molecule has 34 heavy (non-hydrogen) atoms. The zero-order valence-corrected chi connectivity index (χ0v) is 22.6. The quantitative estimate of drug-likeness (QED) is 0.410. The highest BCUT2D eigenvalue weighted by molar-refractivity contribution is 5.95. The molecule has 0 aromatic carbocycles. The van der Waals surface area contributed by atoms with Gasteiger partial charge in [0.1, 0.15) is 5.92 Å². The van der Waals surface area contributed by atoms with Crippen molar-refractivity contribution in [3.05, 3.63) is 11.6 Å². The van der Waals surface area contributed by atoms with Crippen molar-refractivity contribution >= 4 is 11.6 Å². The molecule has 0 N–H and O–H groups in total. The van der Waals surface area contributed by atoms with E-state index >= 15 is 0 Å². The monoisotopic (exact) mass is 463 g/mol. The number of nitrogens with zero attached hydrogens (tertiary/aromatic N) is 1. The molecule has 0 spiro atoms. The number of carbonyl (C=O) groups excluding carboxylic acids is 2. The van der Waals surface area contributed by atoms with Crippen LogP contribution in [0.15, 0.2) is 11.6 Å². The molecule has 5 rings (SSSR count). The standard InChI is InChI=1S/C31H45NO2/c1-8-31-12-9-20-25(21(31)17-27(2,3)13-14-31)22(33)15-24-29(20,6)11-10-23-28(4,5)26(34)19(18-32)16-30(23,24)7/h15,19-21,23,25H,8-14,16-17H2,1-7H3. The lowest BCUT2D eigenvalue weighted by Gasteiger charge is -2.66. The maximum atomic E-state index is 14.1. The normalized spacial score (nSPS) is 49.0. The van der Waals surface area contributed by atoms with Crippen LogP contribution in [0.4, 0.5) is 0 Å². The van der Waals surface area contributed by atoms with Crippen LogP contribution < -0.4 is 0 Å². The summed E-state index contributed by atoms with van der Waals surface area (Å²) in [6.45, 7) is 16.0. The highest BCUT2D eigenvalue weighted by Crippen LogP contribution is 2.71. The number of hydrogen-bond acceptors (Lipinski definition) is 3. The summed E-state index contributed by atoms with van der Waals surface area (Å²) in [5.74, 6) is 1.14. The minimum absolute atomic E-state index is 0.00178. The Labute approximate surface area is 207 Å². The average Bonchev–Trinajstić information content (AvgIpc) is 2.77. The summed E-state index contributed by atoms with van der Waals surface area (Å²) in [5, 5.41) is 9.87. The van der Waals surface area contributed by atoms with Gasteiger partial charge >= 0.3 is 0 Å². The molecule has 8 unspecified atom stereocenters. The van der Waals surface area contributed by atoms with E-state index in [1.807, 2.05) is 0 Å². The van der Waals surface area contributed by atoms with E-state index in [-0.39, 0.29) is 28.4 Å². The first kappa shape index (κ1) is 24.3. The Bertz CT molecular complexity index is 997.